The molecule has 4 rings (SSSR count). The second-order valence-corrected chi connectivity index (χ2v) is 5.89. The van der Waals surface area contributed by atoms with E-state index in [0.29, 0.717) is 5.92 Å². The molecular formula is C20H18N2. The topological polar surface area (TPSA) is 17.8 Å². The molecule has 0 radical (unpaired) electrons. The number of fused-ring (bicyclic) bond motifs is 2. The second kappa shape index (κ2) is 5.30. The first-order valence-corrected chi connectivity index (χ1v) is 7.70. The lowest BCUT2D eigenvalue weighted by Crippen LogP contribution is -2.05. The Morgan fingerprint density at radius 2 is 1.68 bits per heavy atom. The Labute approximate surface area is 130 Å². The fourth-order valence-corrected chi connectivity index (χ4v) is 3.07. The van der Waals surface area contributed by atoms with E-state index in [1.165, 1.54) is 21.9 Å². The van der Waals surface area contributed by atoms with Crippen LogP contribution < -0.4 is 0 Å². The van der Waals surface area contributed by atoms with Crippen LogP contribution in [0, 0.1) is 0 Å². The van der Waals surface area contributed by atoms with Crippen LogP contribution in [0.3, 0.4) is 0 Å². The van der Waals surface area contributed by atoms with Crippen LogP contribution in [-0.4, -0.2) is 9.55 Å². The molecule has 3 aromatic carbocycles. The van der Waals surface area contributed by atoms with Gasteiger partial charge in [0, 0.05) is 6.54 Å². The summed E-state index contributed by atoms with van der Waals surface area (Å²) in [6.07, 6.45) is 1.95. The third kappa shape index (κ3) is 2.27. The molecule has 0 amide bonds. The van der Waals surface area contributed by atoms with E-state index in [2.05, 4.69) is 77.1 Å². The normalized spacial score (nSPS) is 12.8. The Morgan fingerprint density at radius 1 is 0.909 bits per heavy atom. The van der Waals surface area contributed by atoms with E-state index in [9.17, 15) is 0 Å². The average molecular weight is 286 g/mol. The van der Waals surface area contributed by atoms with E-state index in [0.717, 1.165) is 12.1 Å². The van der Waals surface area contributed by atoms with Gasteiger partial charge in [0.15, 0.2) is 0 Å². The minimum atomic E-state index is 0.446. The SMILES string of the molecule is CC(Cn1cnc2ccccc21)c1ccc2ccccc2c1. The van der Waals surface area contributed by atoms with E-state index >= 15 is 0 Å². The number of nitrogens with zero attached hydrogens (tertiary/aromatic N) is 2. The van der Waals surface area contributed by atoms with Crippen LogP contribution in [0.15, 0.2) is 73.1 Å². The summed E-state index contributed by atoms with van der Waals surface area (Å²) in [5.74, 6) is 0.446. The smallest absolute Gasteiger partial charge is 0.0958 e. The number of aromatic nitrogens is 2. The first-order chi connectivity index (χ1) is 10.8. The summed E-state index contributed by atoms with van der Waals surface area (Å²) in [5.41, 5.74) is 3.64. The van der Waals surface area contributed by atoms with Gasteiger partial charge in [-0.1, -0.05) is 61.5 Å². The third-order valence-electron chi connectivity index (χ3n) is 4.34. The summed E-state index contributed by atoms with van der Waals surface area (Å²) in [6.45, 7) is 3.22. The van der Waals surface area contributed by atoms with Gasteiger partial charge in [-0.3, -0.25) is 0 Å². The summed E-state index contributed by atoms with van der Waals surface area (Å²) in [5, 5.41) is 2.61. The van der Waals surface area contributed by atoms with Crippen molar-refractivity contribution >= 4 is 21.8 Å². The van der Waals surface area contributed by atoms with Gasteiger partial charge in [0.25, 0.3) is 0 Å². The monoisotopic (exact) mass is 286 g/mol. The summed E-state index contributed by atoms with van der Waals surface area (Å²) < 4.78 is 2.25. The molecule has 2 heteroatoms. The highest BCUT2D eigenvalue weighted by molar-refractivity contribution is 5.83. The van der Waals surface area contributed by atoms with Crippen LogP contribution in [0.1, 0.15) is 18.4 Å². The Balaban J connectivity index is 1.66. The van der Waals surface area contributed by atoms with Crippen LogP contribution in [0.5, 0.6) is 0 Å². The molecule has 0 saturated heterocycles. The molecule has 22 heavy (non-hydrogen) atoms. The van der Waals surface area contributed by atoms with Gasteiger partial charge in [-0.05, 0) is 34.4 Å². The van der Waals surface area contributed by atoms with Gasteiger partial charge in [-0.2, -0.15) is 0 Å². The molecule has 0 aliphatic rings. The second-order valence-electron chi connectivity index (χ2n) is 5.89. The lowest BCUT2D eigenvalue weighted by molar-refractivity contribution is 0.611. The zero-order valence-corrected chi connectivity index (χ0v) is 12.6. The fourth-order valence-electron chi connectivity index (χ4n) is 3.07. The summed E-state index contributed by atoms with van der Waals surface area (Å²) in [7, 11) is 0. The molecule has 1 heterocycles. The third-order valence-corrected chi connectivity index (χ3v) is 4.34. The molecule has 1 aromatic heterocycles. The molecule has 108 valence electrons. The molecule has 0 bridgehead atoms. The molecule has 0 fully saturated rings. The van der Waals surface area contributed by atoms with Gasteiger partial charge in [-0.15, -0.1) is 0 Å². The van der Waals surface area contributed by atoms with Crippen molar-refractivity contribution in [2.75, 3.05) is 0 Å². The molecular weight excluding hydrogens is 268 g/mol. The van der Waals surface area contributed by atoms with Gasteiger partial charge in [0.1, 0.15) is 0 Å². The molecule has 4 aromatic rings. The van der Waals surface area contributed by atoms with Crippen LogP contribution in [0.25, 0.3) is 21.8 Å². The molecule has 1 unspecified atom stereocenters. The van der Waals surface area contributed by atoms with Crippen molar-refractivity contribution in [3.8, 4) is 0 Å². The van der Waals surface area contributed by atoms with E-state index in [4.69, 9.17) is 0 Å². The fraction of sp³-hybridized carbons (Fsp3) is 0.150. The van der Waals surface area contributed by atoms with Crippen molar-refractivity contribution in [2.24, 2.45) is 0 Å². The van der Waals surface area contributed by atoms with Gasteiger partial charge >= 0.3 is 0 Å². The van der Waals surface area contributed by atoms with E-state index in [1.807, 2.05) is 12.4 Å². The van der Waals surface area contributed by atoms with Crippen LogP contribution in [-0.2, 0) is 6.54 Å². The van der Waals surface area contributed by atoms with Gasteiger partial charge in [0.2, 0.25) is 0 Å². The molecule has 0 spiro atoms. The number of imidazole rings is 1. The van der Waals surface area contributed by atoms with Crippen LogP contribution in [0.2, 0.25) is 0 Å². The molecule has 1 atom stereocenters. The van der Waals surface area contributed by atoms with Crippen molar-refractivity contribution in [2.45, 2.75) is 19.4 Å². The van der Waals surface area contributed by atoms with Crippen LogP contribution in [0.4, 0.5) is 0 Å². The molecule has 0 aliphatic carbocycles. The summed E-state index contributed by atoms with van der Waals surface area (Å²) in [4.78, 5) is 4.48. The maximum absolute atomic E-state index is 4.48. The minimum Gasteiger partial charge on any atom is -0.330 e. The largest absolute Gasteiger partial charge is 0.330 e. The van der Waals surface area contributed by atoms with Gasteiger partial charge in [0.05, 0.1) is 17.4 Å². The minimum absolute atomic E-state index is 0.446. The number of rotatable bonds is 3. The van der Waals surface area contributed by atoms with E-state index < -0.39 is 0 Å². The van der Waals surface area contributed by atoms with Crippen molar-refractivity contribution < 1.29 is 0 Å². The zero-order chi connectivity index (χ0) is 14.9. The highest BCUT2D eigenvalue weighted by Crippen LogP contribution is 2.24. The predicted molar refractivity (Wildman–Crippen MR) is 92.1 cm³/mol. The number of para-hydroxylation sites is 2. The number of hydrogen-bond donors (Lipinski definition) is 0. The average Bonchev–Trinajstić information content (AvgIpc) is 2.97. The first-order valence-electron chi connectivity index (χ1n) is 7.70. The first kappa shape index (κ1) is 13.1. The predicted octanol–water partition coefficient (Wildman–Crippen LogP) is 4.99. The van der Waals surface area contributed by atoms with Gasteiger partial charge in [-0.25, -0.2) is 4.98 Å². The van der Waals surface area contributed by atoms with Crippen molar-refractivity contribution in [1.29, 1.82) is 0 Å². The maximum Gasteiger partial charge on any atom is 0.0958 e. The summed E-state index contributed by atoms with van der Waals surface area (Å²) >= 11 is 0. The molecule has 0 N–H and O–H groups in total. The quantitative estimate of drug-likeness (QED) is 0.518. The Bertz CT molecular complexity index is 936. The number of benzene rings is 3. The van der Waals surface area contributed by atoms with Crippen LogP contribution >= 0.6 is 0 Å². The maximum atomic E-state index is 4.48. The number of hydrogen-bond acceptors (Lipinski definition) is 1. The Morgan fingerprint density at radius 3 is 2.59 bits per heavy atom. The molecule has 0 aliphatic heterocycles. The van der Waals surface area contributed by atoms with Crippen molar-refractivity contribution in [1.82, 2.24) is 9.55 Å². The van der Waals surface area contributed by atoms with E-state index in [1.54, 1.807) is 0 Å². The lowest BCUT2D eigenvalue weighted by Gasteiger charge is -2.14. The Kier molecular flexibility index (Phi) is 3.15. The Hall–Kier alpha value is -2.61. The van der Waals surface area contributed by atoms with Gasteiger partial charge < -0.3 is 4.57 Å². The highest BCUT2D eigenvalue weighted by atomic mass is 15.0. The highest BCUT2D eigenvalue weighted by Gasteiger charge is 2.09. The van der Waals surface area contributed by atoms with Crippen molar-refractivity contribution in [3.63, 3.8) is 0 Å². The standard InChI is InChI=1S/C20H18N2/c1-15(13-22-14-21-19-8-4-5-9-20(19)22)17-11-10-16-6-2-3-7-18(16)12-17/h2-12,14-15H,13H2,1H3. The van der Waals surface area contributed by atoms with E-state index in [-0.39, 0.29) is 0 Å². The zero-order valence-electron chi connectivity index (χ0n) is 12.6. The molecule has 0 saturated carbocycles. The molecule has 2 nitrogen and oxygen atoms in total. The summed E-state index contributed by atoms with van der Waals surface area (Å²) in [6, 6.07) is 23.6. The lowest BCUT2D eigenvalue weighted by atomic mass is 9.97. The van der Waals surface area contributed by atoms with Crippen molar-refractivity contribution in [3.05, 3.63) is 78.6 Å².